The summed E-state index contributed by atoms with van der Waals surface area (Å²) in [5.74, 6) is 0. The number of carbonyl (C=O) groups excluding carboxylic acids is 1. The molecule has 1 aromatic rings. The van der Waals surface area contributed by atoms with Gasteiger partial charge in [-0.05, 0) is 45.6 Å². The van der Waals surface area contributed by atoms with Crippen LogP contribution in [0.1, 0.15) is 12.0 Å². The summed E-state index contributed by atoms with van der Waals surface area (Å²) in [6, 6.07) is 8.58. The monoisotopic (exact) mass is 360 g/mol. The maximum absolute atomic E-state index is 12.3. The van der Waals surface area contributed by atoms with Crippen LogP contribution < -0.4 is 4.90 Å². The van der Waals surface area contributed by atoms with Crippen LogP contribution in [0.3, 0.4) is 0 Å². The number of carbonyl (C=O) groups is 1. The molecule has 1 aromatic carbocycles. The molecule has 0 unspecified atom stereocenters. The van der Waals surface area contributed by atoms with Gasteiger partial charge < -0.3 is 19.4 Å². The number of benzene rings is 1. The summed E-state index contributed by atoms with van der Waals surface area (Å²) in [5, 5.41) is 0. The smallest absolute Gasteiger partial charge is 0.409 e. The molecule has 0 radical (unpaired) electrons. The highest BCUT2D eigenvalue weighted by molar-refractivity contribution is 5.68. The van der Waals surface area contributed by atoms with Crippen molar-refractivity contribution in [2.75, 3.05) is 77.5 Å². The minimum Gasteiger partial charge on any atom is -0.448 e. The van der Waals surface area contributed by atoms with Gasteiger partial charge in [-0.25, -0.2) is 4.79 Å². The van der Waals surface area contributed by atoms with E-state index in [4.69, 9.17) is 4.74 Å². The topological polar surface area (TPSA) is 39.3 Å². The predicted octanol–water partition coefficient (Wildman–Crippen LogP) is 1.89. The Bertz CT molecular complexity index is 570. The number of piperazine rings is 1. The lowest BCUT2D eigenvalue weighted by Gasteiger charge is -2.35. The van der Waals surface area contributed by atoms with Crippen molar-refractivity contribution < 1.29 is 9.53 Å². The van der Waals surface area contributed by atoms with Crippen molar-refractivity contribution in [3.8, 4) is 0 Å². The minimum atomic E-state index is -0.166. The molecule has 6 heteroatoms. The molecule has 0 bridgehead atoms. The van der Waals surface area contributed by atoms with Crippen molar-refractivity contribution in [1.29, 1.82) is 0 Å². The first kappa shape index (κ1) is 19.0. The van der Waals surface area contributed by atoms with Crippen molar-refractivity contribution in [3.05, 3.63) is 29.8 Å². The quantitative estimate of drug-likeness (QED) is 0.820. The van der Waals surface area contributed by atoms with E-state index in [-0.39, 0.29) is 6.09 Å². The molecule has 0 N–H and O–H groups in total. The summed E-state index contributed by atoms with van der Waals surface area (Å²) in [5.41, 5.74) is 2.50. The molecule has 6 nitrogen and oxygen atoms in total. The number of rotatable bonds is 4. The second kappa shape index (κ2) is 9.24. The average Bonchev–Trinajstić information content (AvgIpc) is 2.87. The third-order valence-corrected chi connectivity index (χ3v) is 5.38. The predicted molar refractivity (Wildman–Crippen MR) is 105 cm³/mol. The third kappa shape index (κ3) is 5.35. The summed E-state index contributed by atoms with van der Waals surface area (Å²) < 4.78 is 5.52. The van der Waals surface area contributed by atoms with E-state index < -0.39 is 0 Å². The van der Waals surface area contributed by atoms with Gasteiger partial charge in [0.05, 0.1) is 0 Å². The Kier molecular flexibility index (Phi) is 6.74. The zero-order valence-corrected chi connectivity index (χ0v) is 16.2. The lowest BCUT2D eigenvalue weighted by Crippen LogP contribution is -2.49. The summed E-state index contributed by atoms with van der Waals surface area (Å²) in [6.45, 7) is 11.0. The van der Waals surface area contributed by atoms with Crippen molar-refractivity contribution in [2.24, 2.45) is 0 Å². The van der Waals surface area contributed by atoms with E-state index in [2.05, 4.69) is 52.9 Å². The fraction of sp³-hybridized carbons (Fsp3) is 0.650. The number of hydrogen-bond donors (Lipinski definition) is 0. The Balaban J connectivity index is 1.36. The van der Waals surface area contributed by atoms with Crippen LogP contribution in [0.25, 0.3) is 0 Å². The lowest BCUT2D eigenvalue weighted by atomic mass is 10.2. The molecule has 1 amide bonds. The maximum Gasteiger partial charge on any atom is 0.409 e. The van der Waals surface area contributed by atoms with Gasteiger partial charge in [0.25, 0.3) is 0 Å². The van der Waals surface area contributed by atoms with Crippen LogP contribution in [0, 0.1) is 6.92 Å². The average molecular weight is 361 g/mol. The molecule has 2 heterocycles. The van der Waals surface area contributed by atoms with E-state index in [1.807, 2.05) is 4.90 Å². The molecule has 2 aliphatic rings. The third-order valence-electron chi connectivity index (χ3n) is 5.38. The highest BCUT2D eigenvalue weighted by Gasteiger charge is 2.22. The number of nitrogens with zero attached hydrogens (tertiary/aromatic N) is 4. The van der Waals surface area contributed by atoms with Crippen LogP contribution in [0.2, 0.25) is 0 Å². The number of ether oxygens (including phenoxy) is 1. The molecule has 0 saturated carbocycles. The van der Waals surface area contributed by atoms with E-state index in [1.54, 1.807) is 0 Å². The Morgan fingerprint density at radius 2 is 1.69 bits per heavy atom. The molecule has 26 heavy (non-hydrogen) atoms. The van der Waals surface area contributed by atoms with Gasteiger partial charge >= 0.3 is 6.09 Å². The first-order valence-corrected chi connectivity index (χ1v) is 9.76. The van der Waals surface area contributed by atoms with Gasteiger partial charge in [0.15, 0.2) is 0 Å². The molecule has 0 aliphatic carbocycles. The van der Waals surface area contributed by atoms with Crippen LogP contribution in [0.15, 0.2) is 24.3 Å². The normalized spacial score (nSPS) is 20.1. The van der Waals surface area contributed by atoms with Gasteiger partial charge in [-0.15, -0.1) is 0 Å². The summed E-state index contributed by atoms with van der Waals surface area (Å²) in [7, 11) is 2.17. The molecular weight excluding hydrogens is 328 g/mol. The largest absolute Gasteiger partial charge is 0.448 e. The molecule has 2 aliphatic heterocycles. The van der Waals surface area contributed by atoms with Crippen LogP contribution in [0.5, 0.6) is 0 Å². The van der Waals surface area contributed by atoms with Gasteiger partial charge in [-0.2, -0.15) is 0 Å². The highest BCUT2D eigenvalue weighted by Crippen LogP contribution is 2.17. The lowest BCUT2D eigenvalue weighted by molar-refractivity contribution is 0.0890. The zero-order valence-electron chi connectivity index (χ0n) is 16.2. The molecular formula is C20H32N4O2. The molecule has 0 atom stereocenters. The Morgan fingerprint density at radius 3 is 2.42 bits per heavy atom. The SMILES string of the molecule is Cc1ccc(N2CCN(C(=O)OCCN3CCCN(C)CC3)CC2)cc1. The van der Waals surface area contributed by atoms with Gasteiger partial charge in [-0.3, -0.25) is 4.90 Å². The van der Waals surface area contributed by atoms with Gasteiger partial charge in [0, 0.05) is 51.5 Å². The van der Waals surface area contributed by atoms with Gasteiger partial charge in [0.2, 0.25) is 0 Å². The summed E-state index contributed by atoms with van der Waals surface area (Å²) in [6.07, 6.45) is 1.02. The van der Waals surface area contributed by atoms with E-state index >= 15 is 0 Å². The first-order valence-electron chi connectivity index (χ1n) is 9.76. The Hall–Kier alpha value is -1.79. The summed E-state index contributed by atoms with van der Waals surface area (Å²) >= 11 is 0. The van der Waals surface area contributed by atoms with Crippen LogP contribution >= 0.6 is 0 Å². The molecule has 0 aromatic heterocycles. The molecule has 0 spiro atoms. The Labute approximate surface area is 157 Å². The highest BCUT2D eigenvalue weighted by atomic mass is 16.6. The van der Waals surface area contributed by atoms with Crippen LogP contribution in [0.4, 0.5) is 10.5 Å². The molecule has 3 rings (SSSR count). The zero-order chi connectivity index (χ0) is 18.4. The van der Waals surface area contributed by atoms with Gasteiger partial charge in [-0.1, -0.05) is 17.7 Å². The number of hydrogen-bond acceptors (Lipinski definition) is 5. The van der Waals surface area contributed by atoms with Gasteiger partial charge in [0.1, 0.15) is 6.61 Å². The van der Waals surface area contributed by atoms with Crippen LogP contribution in [-0.2, 0) is 4.74 Å². The standard InChI is InChI=1S/C20H32N4O2/c1-18-4-6-19(7-5-18)23-12-14-24(15-13-23)20(25)26-17-16-22-9-3-8-21(2)10-11-22/h4-7H,3,8-17H2,1-2H3. The van der Waals surface area contributed by atoms with Crippen LogP contribution in [-0.4, -0.2) is 93.4 Å². The van der Waals surface area contributed by atoms with E-state index in [0.29, 0.717) is 6.61 Å². The second-order valence-corrected chi connectivity index (χ2v) is 7.42. The van der Waals surface area contributed by atoms with Crippen molar-refractivity contribution >= 4 is 11.8 Å². The first-order chi connectivity index (χ1) is 12.6. The summed E-state index contributed by atoms with van der Waals surface area (Å²) in [4.78, 5) is 21.2. The fourth-order valence-electron chi connectivity index (χ4n) is 3.58. The fourth-order valence-corrected chi connectivity index (χ4v) is 3.58. The van der Waals surface area contributed by atoms with E-state index in [0.717, 1.165) is 58.9 Å². The number of aryl methyl sites for hydroxylation is 1. The molecule has 2 fully saturated rings. The van der Waals surface area contributed by atoms with E-state index in [9.17, 15) is 4.79 Å². The van der Waals surface area contributed by atoms with E-state index in [1.165, 1.54) is 17.7 Å². The Morgan fingerprint density at radius 1 is 0.962 bits per heavy atom. The van der Waals surface area contributed by atoms with Crippen molar-refractivity contribution in [1.82, 2.24) is 14.7 Å². The second-order valence-electron chi connectivity index (χ2n) is 7.42. The minimum absolute atomic E-state index is 0.166. The number of likely N-dealkylation sites (N-methyl/N-ethyl adjacent to an activating group) is 1. The maximum atomic E-state index is 12.3. The number of amides is 1. The molecule has 144 valence electrons. The number of anilines is 1. The van der Waals surface area contributed by atoms with Crippen molar-refractivity contribution in [3.63, 3.8) is 0 Å². The van der Waals surface area contributed by atoms with Crippen molar-refractivity contribution in [2.45, 2.75) is 13.3 Å². The molecule has 2 saturated heterocycles.